The Balaban J connectivity index is 2.21. The molecule has 1 amide bonds. The van der Waals surface area contributed by atoms with Crippen LogP contribution in [0.5, 0.6) is 0 Å². The number of carbonyl (C=O) groups excluding carboxylic acids is 1. The van der Waals surface area contributed by atoms with Crippen molar-refractivity contribution in [2.75, 3.05) is 11.1 Å². The normalized spacial score (nSPS) is 12.6. The van der Waals surface area contributed by atoms with Crippen LogP contribution in [-0.4, -0.2) is 37.9 Å². The number of anilines is 2. The molecule has 19 heavy (non-hydrogen) atoms. The van der Waals surface area contributed by atoms with Gasteiger partial charge < -0.3 is 21.4 Å². The topological polar surface area (TPSA) is 122 Å². The van der Waals surface area contributed by atoms with E-state index in [4.69, 9.17) is 5.73 Å². The van der Waals surface area contributed by atoms with Crippen molar-refractivity contribution in [2.24, 2.45) is 0 Å². The average molecular weight is 263 g/mol. The molecule has 8 nitrogen and oxygen atoms in total. The van der Waals surface area contributed by atoms with Crippen molar-refractivity contribution in [3.8, 4) is 0 Å². The molecule has 8 heteroatoms. The fourth-order valence-electron chi connectivity index (χ4n) is 1.63. The van der Waals surface area contributed by atoms with Gasteiger partial charge in [0.15, 0.2) is 11.5 Å². The third kappa shape index (κ3) is 2.90. The fraction of sp³-hybridized carbons (Fsp3) is 0.455. The summed E-state index contributed by atoms with van der Waals surface area (Å²) in [6.45, 7) is 5.55. The number of nitrogens with two attached hydrogens (primary N) is 1. The molecular weight excluding hydrogens is 246 g/mol. The van der Waals surface area contributed by atoms with Gasteiger partial charge in [-0.15, -0.1) is 0 Å². The van der Waals surface area contributed by atoms with Crippen molar-refractivity contribution >= 4 is 28.8 Å². The van der Waals surface area contributed by atoms with Crippen LogP contribution in [0.4, 0.5) is 11.8 Å². The van der Waals surface area contributed by atoms with Gasteiger partial charge in [-0.2, -0.15) is 9.97 Å². The second-order valence-electron chi connectivity index (χ2n) is 4.56. The van der Waals surface area contributed by atoms with E-state index in [1.807, 2.05) is 13.8 Å². The van der Waals surface area contributed by atoms with Gasteiger partial charge in [-0.25, -0.2) is 4.98 Å². The summed E-state index contributed by atoms with van der Waals surface area (Å²) in [5.41, 5.74) is 6.69. The number of nitrogens with zero attached hydrogens (tertiary/aromatic N) is 3. The number of aromatic amines is 1. The molecule has 0 aliphatic heterocycles. The number of amides is 1. The maximum Gasteiger partial charge on any atom is 0.242 e. The summed E-state index contributed by atoms with van der Waals surface area (Å²) < 4.78 is 0. The van der Waals surface area contributed by atoms with Crippen LogP contribution < -0.4 is 16.4 Å². The highest BCUT2D eigenvalue weighted by molar-refractivity contribution is 5.89. The molecule has 1 atom stereocenters. The predicted octanol–water partition coefficient (Wildman–Crippen LogP) is 0.260. The van der Waals surface area contributed by atoms with Crippen molar-refractivity contribution in [2.45, 2.75) is 32.9 Å². The molecule has 0 saturated heterocycles. The molecule has 0 radical (unpaired) electrons. The molecular formula is C11H17N7O. The van der Waals surface area contributed by atoms with Crippen LogP contribution in [0.3, 0.4) is 0 Å². The van der Waals surface area contributed by atoms with Gasteiger partial charge in [-0.1, -0.05) is 0 Å². The smallest absolute Gasteiger partial charge is 0.242 e. The van der Waals surface area contributed by atoms with E-state index in [1.54, 1.807) is 6.92 Å². The van der Waals surface area contributed by atoms with Crippen LogP contribution in [0, 0.1) is 0 Å². The number of rotatable bonds is 4. The number of fused-ring (bicyclic) bond motifs is 1. The van der Waals surface area contributed by atoms with Crippen LogP contribution >= 0.6 is 0 Å². The van der Waals surface area contributed by atoms with Crippen LogP contribution in [0.25, 0.3) is 11.2 Å². The summed E-state index contributed by atoms with van der Waals surface area (Å²) in [7, 11) is 0. The van der Waals surface area contributed by atoms with E-state index in [1.165, 1.54) is 6.33 Å². The van der Waals surface area contributed by atoms with E-state index in [-0.39, 0.29) is 17.9 Å². The molecule has 0 spiro atoms. The monoisotopic (exact) mass is 263 g/mol. The molecule has 0 aromatic carbocycles. The fourth-order valence-corrected chi connectivity index (χ4v) is 1.63. The second-order valence-corrected chi connectivity index (χ2v) is 4.56. The molecule has 0 aliphatic carbocycles. The Bertz CT molecular complexity index is 592. The summed E-state index contributed by atoms with van der Waals surface area (Å²) in [5.74, 6) is 0.463. The Morgan fingerprint density at radius 1 is 1.37 bits per heavy atom. The summed E-state index contributed by atoms with van der Waals surface area (Å²) in [5, 5.41) is 5.82. The Hall–Kier alpha value is -2.38. The maximum absolute atomic E-state index is 11.8. The van der Waals surface area contributed by atoms with Gasteiger partial charge in [-0.3, -0.25) is 4.79 Å². The zero-order valence-electron chi connectivity index (χ0n) is 11.1. The molecule has 0 bridgehead atoms. The molecule has 1 unspecified atom stereocenters. The SMILES string of the molecule is CC(C)NC(=O)C(C)Nc1nc(N)nc2nc[nH]c12. The molecule has 2 heterocycles. The van der Waals surface area contributed by atoms with E-state index in [0.717, 1.165) is 0 Å². The second kappa shape index (κ2) is 5.09. The first-order chi connectivity index (χ1) is 8.97. The molecule has 2 aromatic heterocycles. The number of hydrogen-bond donors (Lipinski definition) is 4. The van der Waals surface area contributed by atoms with Gasteiger partial charge in [0.2, 0.25) is 11.9 Å². The quantitative estimate of drug-likeness (QED) is 0.627. The Morgan fingerprint density at radius 2 is 2.11 bits per heavy atom. The lowest BCUT2D eigenvalue weighted by atomic mass is 10.2. The number of nitrogens with one attached hydrogen (secondary N) is 3. The van der Waals surface area contributed by atoms with Crippen molar-refractivity contribution < 1.29 is 4.79 Å². The van der Waals surface area contributed by atoms with Crippen LogP contribution in [0.2, 0.25) is 0 Å². The lowest BCUT2D eigenvalue weighted by Crippen LogP contribution is -2.41. The van der Waals surface area contributed by atoms with E-state index >= 15 is 0 Å². The summed E-state index contributed by atoms with van der Waals surface area (Å²) in [4.78, 5) is 26.8. The number of nitrogen functional groups attached to an aromatic ring is 1. The van der Waals surface area contributed by atoms with E-state index in [0.29, 0.717) is 17.0 Å². The van der Waals surface area contributed by atoms with Crippen LogP contribution in [0.1, 0.15) is 20.8 Å². The zero-order chi connectivity index (χ0) is 14.0. The van der Waals surface area contributed by atoms with Gasteiger partial charge >= 0.3 is 0 Å². The zero-order valence-corrected chi connectivity index (χ0v) is 11.1. The third-order valence-corrected chi connectivity index (χ3v) is 2.48. The first-order valence-electron chi connectivity index (χ1n) is 6.01. The minimum absolute atomic E-state index is 0.0828. The molecule has 0 fully saturated rings. The Labute approximate surface area is 110 Å². The number of H-pyrrole nitrogens is 1. The maximum atomic E-state index is 11.8. The largest absolute Gasteiger partial charge is 0.368 e. The molecule has 2 rings (SSSR count). The minimum atomic E-state index is -0.441. The van der Waals surface area contributed by atoms with E-state index in [9.17, 15) is 4.79 Å². The third-order valence-electron chi connectivity index (χ3n) is 2.48. The van der Waals surface area contributed by atoms with Crippen LogP contribution in [-0.2, 0) is 4.79 Å². The van der Waals surface area contributed by atoms with Crippen molar-refractivity contribution in [1.29, 1.82) is 0 Å². The Kier molecular flexibility index (Phi) is 3.50. The summed E-state index contributed by atoms with van der Waals surface area (Å²) in [6, 6.07) is -0.359. The lowest BCUT2D eigenvalue weighted by molar-refractivity contribution is -0.122. The predicted molar refractivity (Wildman–Crippen MR) is 72.5 cm³/mol. The number of imidazole rings is 1. The van der Waals surface area contributed by atoms with Crippen LogP contribution in [0.15, 0.2) is 6.33 Å². The lowest BCUT2D eigenvalue weighted by Gasteiger charge is -2.16. The summed E-state index contributed by atoms with van der Waals surface area (Å²) >= 11 is 0. The van der Waals surface area contributed by atoms with Crippen molar-refractivity contribution in [1.82, 2.24) is 25.3 Å². The van der Waals surface area contributed by atoms with Crippen molar-refractivity contribution in [3.63, 3.8) is 0 Å². The van der Waals surface area contributed by atoms with Gasteiger partial charge in [0.05, 0.1) is 6.33 Å². The standard InChI is InChI=1S/C11H17N7O/c1-5(2)15-10(19)6(3)16-9-7-8(14-4-13-7)17-11(12)18-9/h4-6H,1-3H3,(H,15,19)(H4,12,13,14,16,17,18). The summed E-state index contributed by atoms with van der Waals surface area (Å²) in [6.07, 6.45) is 1.50. The van der Waals surface area contributed by atoms with Gasteiger partial charge in [0.25, 0.3) is 0 Å². The molecule has 2 aromatic rings. The number of carbonyl (C=O) groups is 1. The van der Waals surface area contributed by atoms with E-state index in [2.05, 4.69) is 30.6 Å². The number of aromatic nitrogens is 4. The van der Waals surface area contributed by atoms with E-state index < -0.39 is 6.04 Å². The van der Waals surface area contributed by atoms with Gasteiger partial charge in [0.1, 0.15) is 11.6 Å². The minimum Gasteiger partial charge on any atom is -0.368 e. The Morgan fingerprint density at radius 3 is 2.79 bits per heavy atom. The van der Waals surface area contributed by atoms with Crippen molar-refractivity contribution in [3.05, 3.63) is 6.33 Å². The first kappa shape index (κ1) is 13.1. The number of hydrogen-bond acceptors (Lipinski definition) is 6. The highest BCUT2D eigenvalue weighted by atomic mass is 16.2. The molecule has 102 valence electrons. The molecule has 5 N–H and O–H groups in total. The van der Waals surface area contributed by atoms with Gasteiger partial charge in [0, 0.05) is 6.04 Å². The highest BCUT2D eigenvalue weighted by Crippen LogP contribution is 2.17. The van der Waals surface area contributed by atoms with Gasteiger partial charge in [-0.05, 0) is 20.8 Å². The molecule has 0 aliphatic rings. The highest BCUT2D eigenvalue weighted by Gasteiger charge is 2.16. The first-order valence-corrected chi connectivity index (χ1v) is 6.01. The average Bonchev–Trinajstić information content (AvgIpc) is 2.75. The molecule has 0 saturated carbocycles.